The number of sulfone groups is 1. The molecule has 7 nitrogen and oxygen atoms in total. The van der Waals surface area contributed by atoms with Crippen LogP contribution in [0.2, 0.25) is 0 Å². The monoisotopic (exact) mass is 463 g/mol. The zero-order valence-electron chi connectivity index (χ0n) is 19.2. The van der Waals surface area contributed by atoms with E-state index in [0.717, 1.165) is 22.9 Å². The summed E-state index contributed by atoms with van der Waals surface area (Å²) in [6.07, 6.45) is 4.69. The zero-order valence-corrected chi connectivity index (χ0v) is 20.0. The highest BCUT2D eigenvalue weighted by Crippen LogP contribution is 2.32. The first-order valence-corrected chi connectivity index (χ1v) is 13.1. The highest BCUT2D eigenvalue weighted by Gasteiger charge is 2.28. The maximum atomic E-state index is 13.5. The van der Waals surface area contributed by atoms with Gasteiger partial charge in [-0.25, -0.2) is 13.4 Å². The number of benzene rings is 2. The van der Waals surface area contributed by atoms with Crippen molar-refractivity contribution in [3.05, 3.63) is 54.1 Å². The molecule has 4 aromatic rings. The van der Waals surface area contributed by atoms with Gasteiger partial charge in [-0.05, 0) is 54.5 Å². The second-order valence-electron chi connectivity index (χ2n) is 9.35. The van der Waals surface area contributed by atoms with Crippen LogP contribution in [0.3, 0.4) is 0 Å². The summed E-state index contributed by atoms with van der Waals surface area (Å²) >= 11 is 0. The molecule has 5 rings (SSSR count). The van der Waals surface area contributed by atoms with Crippen molar-refractivity contribution in [1.29, 1.82) is 0 Å². The van der Waals surface area contributed by atoms with Gasteiger partial charge in [0.1, 0.15) is 5.82 Å². The van der Waals surface area contributed by atoms with E-state index < -0.39 is 9.84 Å². The Morgan fingerprint density at radius 2 is 1.76 bits per heavy atom. The molecular weight excluding hydrogens is 434 g/mol. The Balaban J connectivity index is 1.64. The largest absolute Gasteiger partial charge is 0.366 e. The Hall–Kier alpha value is -3.00. The first kappa shape index (κ1) is 21.8. The van der Waals surface area contributed by atoms with Gasteiger partial charge < -0.3 is 5.32 Å². The molecule has 1 fully saturated rings. The Morgan fingerprint density at radius 3 is 2.48 bits per heavy atom. The summed E-state index contributed by atoms with van der Waals surface area (Å²) in [5.74, 6) is 1.53. The molecule has 2 atom stereocenters. The third-order valence-electron chi connectivity index (χ3n) is 6.77. The number of anilines is 1. The summed E-state index contributed by atoms with van der Waals surface area (Å²) in [5.41, 5.74) is 2.10. The summed E-state index contributed by atoms with van der Waals surface area (Å²) in [5, 5.41) is 12.7. The molecule has 2 heterocycles. The van der Waals surface area contributed by atoms with Crippen molar-refractivity contribution in [1.82, 2.24) is 19.8 Å². The molecule has 1 aliphatic rings. The fourth-order valence-electron chi connectivity index (χ4n) is 4.68. The number of hydrogen-bond acceptors (Lipinski definition) is 6. The van der Waals surface area contributed by atoms with Crippen molar-refractivity contribution < 1.29 is 8.42 Å². The van der Waals surface area contributed by atoms with Crippen molar-refractivity contribution in [3.63, 3.8) is 0 Å². The first-order valence-electron chi connectivity index (χ1n) is 11.6. The number of hydrogen-bond donors (Lipinski definition) is 1. The lowest BCUT2D eigenvalue weighted by atomic mass is 9.86. The highest BCUT2D eigenvalue weighted by molar-refractivity contribution is 7.91. The van der Waals surface area contributed by atoms with Gasteiger partial charge >= 0.3 is 0 Å². The lowest BCUT2D eigenvalue weighted by Gasteiger charge is -2.30. The number of fused-ring (bicyclic) bond motifs is 3. The number of nitrogens with one attached hydrogen (secondary N) is 1. The quantitative estimate of drug-likeness (QED) is 0.436. The Kier molecular flexibility index (Phi) is 5.56. The van der Waals surface area contributed by atoms with Gasteiger partial charge in [0, 0.05) is 11.4 Å². The van der Waals surface area contributed by atoms with Crippen LogP contribution in [0.1, 0.15) is 57.9 Å². The fourth-order valence-corrected chi connectivity index (χ4v) is 5.91. The molecule has 1 saturated carbocycles. The second kappa shape index (κ2) is 8.41. The van der Waals surface area contributed by atoms with E-state index in [-0.39, 0.29) is 15.6 Å². The lowest BCUT2D eigenvalue weighted by Crippen LogP contribution is -2.30. The standard InChI is InChI=1S/C25H29N5O2S/c1-16(2)18-12-14-19(15-13-18)33(31,32)25-24-27-23(26-21-10-6-4-8-17(21)3)20-9-5-7-11-22(20)30(24)29-28-25/h5,7,9,11-17,21H,4,6,8,10H2,1-3H3,(H,26,27)/t17-,21-/m1/s1. The molecule has 8 heteroatoms. The summed E-state index contributed by atoms with van der Waals surface area (Å²) < 4.78 is 28.5. The van der Waals surface area contributed by atoms with Gasteiger partial charge in [-0.3, -0.25) is 0 Å². The summed E-state index contributed by atoms with van der Waals surface area (Å²) in [7, 11) is -3.88. The van der Waals surface area contributed by atoms with Gasteiger partial charge in [0.2, 0.25) is 14.9 Å². The molecule has 0 saturated heterocycles. The average Bonchev–Trinajstić information content (AvgIpc) is 3.26. The maximum absolute atomic E-state index is 13.5. The van der Waals surface area contributed by atoms with Gasteiger partial charge in [-0.15, -0.1) is 5.10 Å². The predicted molar refractivity (Wildman–Crippen MR) is 129 cm³/mol. The van der Waals surface area contributed by atoms with Crippen LogP contribution < -0.4 is 5.32 Å². The van der Waals surface area contributed by atoms with E-state index in [9.17, 15) is 8.42 Å². The van der Waals surface area contributed by atoms with E-state index in [4.69, 9.17) is 4.98 Å². The maximum Gasteiger partial charge on any atom is 0.229 e. The third-order valence-corrected chi connectivity index (χ3v) is 8.43. The number of rotatable bonds is 5. The van der Waals surface area contributed by atoms with E-state index in [1.165, 1.54) is 23.8 Å². The van der Waals surface area contributed by atoms with Crippen LogP contribution in [0.5, 0.6) is 0 Å². The highest BCUT2D eigenvalue weighted by atomic mass is 32.2. The summed E-state index contributed by atoms with van der Waals surface area (Å²) in [6, 6.07) is 15.1. The molecule has 0 aliphatic heterocycles. The van der Waals surface area contributed by atoms with Gasteiger partial charge in [0.05, 0.1) is 10.4 Å². The molecule has 0 bridgehead atoms. The third kappa shape index (κ3) is 3.86. The van der Waals surface area contributed by atoms with Gasteiger partial charge in [0.15, 0.2) is 5.65 Å². The van der Waals surface area contributed by atoms with Crippen LogP contribution in [0.4, 0.5) is 5.82 Å². The van der Waals surface area contributed by atoms with Crippen molar-refractivity contribution in [2.45, 2.75) is 68.3 Å². The summed E-state index contributed by atoms with van der Waals surface area (Å²) in [4.78, 5) is 4.97. The Labute approximate surface area is 194 Å². The molecule has 0 unspecified atom stereocenters. The number of nitrogens with zero attached hydrogens (tertiary/aromatic N) is 4. The lowest BCUT2D eigenvalue weighted by molar-refractivity contribution is 0.349. The van der Waals surface area contributed by atoms with Crippen LogP contribution in [-0.4, -0.2) is 34.3 Å². The molecule has 1 N–H and O–H groups in total. The first-order chi connectivity index (χ1) is 15.9. The minimum Gasteiger partial charge on any atom is -0.366 e. The van der Waals surface area contributed by atoms with Crippen LogP contribution in [-0.2, 0) is 9.84 Å². The minimum atomic E-state index is -3.88. The van der Waals surface area contributed by atoms with Crippen LogP contribution in [0.25, 0.3) is 16.6 Å². The van der Waals surface area contributed by atoms with E-state index in [2.05, 4.69) is 36.4 Å². The fraction of sp³-hybridized carbons (Fsp3) is 0.400. The van der Waals surface area contributed by atoms with Crippen molar-refractivity contribution in [2.24, 2.45) is 5.92 Å². The normalized spacial score (nSPS) is 19.4. The Morgan fingerprint density at radius 1 is 1.03 bits per heavy atom. The smallest absolute Gasteiger partial charge is 0.229 e. The molecule has 0 spiro atoms. The topological polar surface area (TPSA) is 89.2 Å². The molecule has 0 radical (unpaired) electrons. The predicted octanol–water partition coefficient (Wildman–Crippen LogP) is 5.22. The number of aromatic nitrogens is 4. The molecule has 0 amide bonds. The van der Waals surface area contributed by atoms with Crippen LogP contribution in [0, 0.1) is 5.92 Å². The molecular formula is C25H29N5O2S. The Bertz CT molecular complexity index is 1410. The van der Waals surface area contributed by atoms with Crippen molar-refractivity contribution in [2.75, 3.05) is 5.32 Å². The minimum absolute atomic E-state index is 0.120. The van der Waals surface area contributed by atoms with Gasteiger partial charge in [0.25, 0.3) is 0 Å². The molecule has 2 aromatic carbocycles. The van der Waals surface area contributed by atoms with E-state index in [0.29, 0.717) is 23.7 Å². The van der Waals surface area contributed by atoms with Gasteiger partial charge in [-0.1, -0.05) is 63.1 Å². The second-order valence-corrected chi connectivity index (χ2v) is 11.2. The SMILES string of the molecule is CC(C)c1ccc(S(=O)(=O)c2nnn3c2nc(N[C@@H]2CCCC[C@H]2C)c2ccccc23)cc1. The molecule has 33 heavy (non-hydrogen) atoms. The van der Waals surface area contributed by atoms with Crippen LogP contribution >= 0.6 is 0 Å². The van der Waals surface area contributed by atoms with Crippen molar-refractivity contribution in [3.8, 4) is 0 Å². The summed E-state index contributed by atoms with van der Waals surface area (Å²) in [6.45, 7) is 6.41. The van der Waals surface area contributed by atoms with Crippen LogP contribution in [0.15, 0.2) is 58.5 Å². The zero-order chi connectivity index (χ0) is 23.2. The van der Waals surface area contributed by atoms with E-state index >= 15 is 0 Å². The molecule has 172 valence electrons. The van der Waals surface area contributed by atoms with E-state index in [1.54, 1.807) is 12.1 Å². The molecule has 1 aliphatic carbocycles. The number of para-hydroxylation sites is 1. The molecule has 2 aromatic heterocycles. The van der Waals surface area contributed by atoms with E-state index in [1.807, 2.05) is 36.4 Å². The van der Waals surface area contributed by atoms with Crippen molar-refractivity contribution >= 4 is 32.2 Å². The average molecular weight is 464 g/mol. The van der Waals surface area contributed by atoms with Gasteiger partial charge in [-0.2, -0.15) is 4.52 Å².